The Labute approximate surface area is 121 Å². The second-order valence-electron chi connectivity index (χ2n) is 5.29. The molecule has 2 N–H and O–H groups in total. The second-order valence-corrected chi connectivity index (χ2v) is 6.96. The molecule has 1 heterocycles. The van der Waals surface area contributed by atoms with Crippen LogP contribution in [0, 0.1) is 0 Å². The molecule has 0 atom stereocenters. The van der Waals surface area contributed by atoms with Crippen molar-refractivity contribution in [3.63, 3.8) is 0 Å². The Morgan fingerprint density at radius 2 is 2.00 bits per heavy atom. The van der Waals surface area contributed by atoms with E-state index in [4.69, 9.17) is 0 Å². The van der Waals surface area contributed by atoms with Gasteiger partial charge in [-0.1, -0.05) is 19.9 Å². The zero-order valence-corrected chi connectivity index (χ0v) is 12.9. The fourth-order valence-corrected chi connectivity index (χ4v) is 3.29. The summed E-state index contributed by atoms with van der Waals surface area (Å²) in [6, 6.07) is 4.01. The van der Waals surface area contributed by atoms with Crippen LogP contribution in [0.25, 0.3) is 0 Å². The highest BCUT2D eigenvalue weighted by Gasteiger charge is 2.21. The van der Waals surface area contributed by atoms with Crippen LogP contribution in [0.2, 0.25) is 0 Å². The number of nitrogens with one attached hydrogen (secondary N) is 2. The third-order valence-corrected chi connectivity index (χ3v) is 4.99. The van der Waals surface area contributed by atoms with Crippen LogP contribution < -0.4 is 10.0 Å². The van der Waals surface area contributed by atoms with Gasteiger partial charge in [-0.15, -0.1) is 0 Å². The molecular weight excluding hydrogens is 274 g/mol. The molecule has 20 heavy (non-hydrogen) atoms. The zero-order chi connectivity index (χ0) is 14.6. The molecule has 1 aromatic rings. The van der Waals surface area contributed by atoms with Gasteiger partial charge in [-0.3, -0.25) is 0 Å². The van der Waals surface area contributed by atoms with Crippen LogP contribution >= 0.6 is 0 Å². The molecule has 0 aliphatic heterocycles. The molecule has 1 fully saturated rings. The maximum absolute atomic E-state index is 12.2. The first kappa shape index (κ1) is 15.4. The van der Waals surface area contributed by atoms with Crippen LogP contribution in [0.3, 0.4) is 0 Å². The molecule has 0 bridgehead atoms. The second kappa shape index (κ2) is 6.65. The molecule has 0 amide bonds. The fourth-order valence-electron chi connectivity index (χ4n) is 1.96. The monoisotopic (exact) mass is 297 g/mol. The molecule has 0 aromatic carbocycles. The van der Waals surface area contributed by atoms with E-state index in [2.05, 4.69) is 15.0 Å². The zero-order valence-electron chi connectivity index (χ0n) is 12.1. The number of nitrogens with zero attached hydrogens (tertiary/aromatic N) is 1. The third kappa shape index (κ3) is 4.26. The van der Waals surface area contributed by atoms with Crippen molar-refractivity contribution in [3.8, 4) is 0 Å². The maximum atomic E-state index is 12.2. The summed E-state index contributed by atoms with van der Waals surface area (Å²) < 4.78 is 27.0. The minimum absolute atomic E-state index is 0.0296. The van der Waals surface area contributed by atoms with Gasteiger partial charge in [0.05, 0.1) is 0 Å². The van der Waals surface area contributed by atoms with Crippen LogP contribution in [0.1, 0.15) is 45.1 Å². The lowest BCUT2D eigenvalue weighted by Gasteiger charge is -2.14. The predicted molar refractivity (Wildman–Crippen MR) is 78.8 cm³/mol. The lowest BCUT2D eigenvalue weighted by molar-refractivity contribution is 0.527. The van der Waals surface area contributed by atoms with E-state index in [1.54, 1.807) is 12.3 Å². The highest BCUT2D eigenvalue weighted by molar-refractivity contribution is 7.89. The summed E-state index contributed by atoms with van der Waals surface area (Å²) in [7, 11) is -3.50. The topological polar surface area (TPSA) is 71.1 Å². The van der Waals surface area contributed by atoms with Gasteiger partial charge in [-0.25, -0.2) is 18.1 Å². The van der Waals surface area contributed by atoms with E-state index in [1.165, 1.54) is 12.8 Å². The van der Waals surface area contributed by atoms with Crippen molar-refractivity contribution in [1.29, 1.82) is 0 Å². The average molecular weight is 297 g/mol. The average Bonchev–Trinajstić information content (AvgIpc) is 3.27. The molecule has 0 radical (unpaired) electrons. The van der Waals surface area contributed by atoms with Crippen molar-refractivity contribution in [2.45, 2.75) is 63.2 Å². The summed E-state index contributed by atoms with van der Waals surface area (Å²) in [5, 5.41) is 3.47. The summed E-state index contributed by atoms with van der Waals surface area (Å²) in [5.41, 5.74) is 1.01. The first-order valence-electron chi connectivity index (χ1n) is 7.25. The highest BCUT2D eigenvalue weighted by Crippen LogP contribution is 2.19. The van der Waals surface area contributed by atoms with E-state index in [0.717, 1.165) is 24.9 Å². The van der Waals surface area contributed by atoms with Crippen LogP contribution in [0.5, 0.6) is 0 Å². The molecule has 112 valence electrons. The van der Waals surface area contributed by atoms with Gasteiger partial charge in [-0.2, -0.15) is 0 Å². The predicted octanol–water partition coefficient (Wildman–Crippen LogP) is 1.80. The number of hydrogen-bond acceptors (Lipinski definition) is 4. The summed E-state index contributed by atoms with van der Waals surface area (Å²) in [5.74, 6) is 0. The molecule has 0 unspecified atom stereocenters. The first-order chi connectivity index (χ1) is 9.55. The number of rotatable bonds is 8. The lowest BCUT2D eigenvalue weighted by atomic mass is 10.2. The number of aromatic nitrogens is 1. The summed E-state index contributed by atoms with van der Waals surface area (Å²) in [6.45, 7) is 4.69. The molecule has 5 nitrogen and oxygen atoms in total. The Hall–Kier alpha value is -0.980. The van der Waals surface area contributed by atoms with Crippen LogP contribution in [0.4, 0.5) is 0 Å². The van der Waals surface area contributed by atoms with Gasteiger partial charge >= 0.3 is 0 Å². The molecule has 1 aromatic heterocycles. The van der Waals surface area contributed by atoms with Crippen LogP contribution in [-0.2, 0) is 16.6 Å². The Balaban J connectivity index is 1.99. The molecule has 2 rings (SSSR count). The van der Waals surface area contributed by atoms with Gasteiger partial charge in [-0.05, 0) is 37.3 Å². The maximum Gasteiger partial charge on any atom is 0.258 e. The van der Waals surface area contributed by atoms with Crippen molar-refractivity contribution in [2.24, 2.45) is 0 Å². The molecule has 1 aliphatic carbocycles. The Morgan fingerprint density at radius 1 is 1.30 bits per heavy atom. The van der Waals surface area contributed by atoms with E-state index in [0.29, 0.717) is 6.04 Å². The molecule has 0 saturated heterocycles. The molecule has 1 aliphatic rings. The van der Waals surface area contributed by atoms with E-state index in [1.807, 2.05) is 19.9 Å². The van der Waals surface area contributed by atoms with Gasteiger partial charge in [0.15, 0.2) is 5.03 Å². The number of sulfonamides is 1. The molecule has 0 spiro atoms. The quantitative estimate of drug-likeness (QED) is 0.767. The molecule has 1 saturated carbocycles. The third-order valence-electron chi connectivity index (χ3n) is 3.55. The van der Waals surface area contributed by atoms with E-state index in [9.17, 15) is 8.42 Å². The molecule has 6 heteroatoms. The van der Waals surface area contributed by atoms with Crippen molar-refractivity contribution in [2.75, 3.05) is 0 Å². The number of hydrogen-bond donors (Lipinski definition) is 2. The van der Waals surface area contributed by atoms with Crippen molar-refractivity contribution in [1.82, 2.24) is 15.0 Å². The van der Waals surface area contributed by atoms with Crippen LogP contribution in [0.15, 0.2) is 23.4 Å². The lowest BCUT2D eigenvalue weighted by Crippen LogP contribution is -2.34. The van der Waals surface area contributed by atoms with Gasteiger partial charge in [0.25, 0.3) is 10.0 Å². The Morgan fingerprint density at radius 3 is 2.50 bits per heavy atom. The fraction of sp³-hybridized carbons (Fsp3) is 0.643. The number of pyridine rings is 1. The smallest absolute Gasteiger partial charge is 0.258 e. The van der Waals surface area contributed by atoms with Gasteiger partial charge in [0.2, 0.25) is 0 Å². The summed E-state index contributed by atoms with van der Waals surface area (Å²) in [4.78, 5) is 4.08. The minimum atomic E-state index is -3.50. The van der Waals surface area contributed by atoms with E-state index >= 15 is 0 Å². The van der Waals surface area contributed by atoms with Crippen molar-refractivity contribution in [3.05, 3.63) is 23.9 Å². The van der Waals surface area contributed by atoms with E-state index in [-0.39, 0.29) is 11.1 Å². The van der Waals surface area contributed by atoms with Gasteiger partial charge in [0.1, 0.15) is 0 Å². The Kier molecular flexibility index (Phi) is 5.12. The normalized spacial score (nSPS) is 15.8. The standard InChI is InChI=1S/C14H23N3O2S/c1-3-12(4-2)17-20(18,19)14-8-5-11(10-16-14)9-15-13-6-7-13/h5,8,10,12-13,15,17H,3-4,6-7,9H2,1-2H3. The molecular formula is C14H23N3O2S. The van der Waals surface area contributed by atoms with Gasteiger partial charge in [0, 0.05) is 24.8 Å². The van der Waals surface area contributed by atoms with Gasteiger partial charge < -0.3 is 5.32 Å². The van der Waals surface area contributed by atoms with Crippen molar-refractivity contribution < 1.29 is 8.42 Å². The summed E-state index contributed by atoms with van der Waals surface area (Å²) in [6.07, 6.45) is 5.66. The first-order valence-corrected chi connectivity index (χ1v) is 8.74. The highest BCUT2D eigenvalue weighted by atomic mass is 32.2. The largest absolute Gasteiger partial charge is 0.310 e. The summed E-state index contributed by atoms with van der Waals surface area (Å²) >= 11 is 0. The van der Waals surface area contributed by atoms with Crippen LogP contribution in [-0.4, -0.2) is 25.5 Å². The van der Waals surface area contributed by atoms with E-state index < -0.39 is 10.0 Å². The SMILES string of the molecule is CCC(CC)NS(=O)(=O)c1ccc(CNC2CC2)cn1. The Bertz CT molecular complexity index is 520. The van der Waals surface area contributed by atoms with Crippen molar-refractivity contribution >= 4 is 10.0 Å². The minimum Gasteiger partial charge on any atom is -0.310 e.